The number of unbranched alkanes of at least 4 members (excludes halogenated alkanes) is 3. The summed E-state index contributed by atoms with van der Waals surface area (Å²) in [6.07, 6.45) is 6.76. The van der Waals surface area contributed by atoms with Gasteiger partial charge in [0.15, 0.2) is 0 Å². The van der Waals surface area contributed by atoms with Gasteiger partial charge in [0.25, 0.3) is 0 Å². The lowest BCUT2D eigenvalue weighted by Gasteiger charge is -2.03. The average Bonchev–Trinajstić information content (AvgIpc) is 2.42. The van der Waals surface area contributed by atoms with Crippen LogP contribution in [0.3, 0.4) is 0 Å². The van der Waals surface area contributed by atoms with Gasteiger partial charge >= 0.3 is 0 Å². The molecule has 1 rings (SSSR count). The molecule has 0 aliphatic carbocycles. The third-order valence-corrected chi connectivity index (χ3v) is 3.44. The first kappa shape index (κ1) is 17.0. The summed E-state index contributed by atoms with van der Waals surface area (Å²) in [5, 5.41) is 12.5. The van der Waals surface area contributed by atoms with E-state index in [0.717, 1.165) is 25.7 Å². The number of benzene rings is 1. The highest BCUT2D eigenvalue weighted by Crippen LogP contribution is 2.25. The molecule has 0 saturated carbocycles. The van der Waals surface area contributed by atoms with Crippen LogP contribution < -0.4 is 5.32 Å². The third-order valence-electron chi connectivity index (χ3n) is 2.79. The first-order valence-electron chi connectivity index (χ1n) is 6.66. The van der Waals surface area contributed by atoms with Crippen LogP contribution >= 0.6 is 23.2 Å². The van der Waals surface area contributed by atoms with Gasteiger partial charge in [0.2, 0.25) is 5.91 Å². The summed E-state index contributed by atoms with van der Waals surface area (Å²) in [6.45, 7) is 0.860. The molecule has 3 nitrogen and oxygen atoms in total. The Labute approximate surface area is 129 Å². The molecule has 1 aromatic rings. The minimum atomic E-state index is -0.164. The highest BCUT2D eigenvalue weighted by Gasteiger charge is 2.02. The zero-order valence-electron chi connectivity index (χ0n) is 11.2. The number of aliphatic hydroxyl groups is 1. The van der Waals surface area contributed by atoms with Crippen LogP contribution in [0.1, 0.15) is 31.2 Å². The van der Waals surface area contributed by atoms with Crippen molar-refractivity contribution in [2.24, 2.45) is 0 Å². The molecule has 0 heterocycles. The molecule has 0 spiro atoms. The van der Waals surface area contributed by atoms with Crippen LogP contribution in [-0.4, -0.2) is 24.2 Å². The molecule has 0 bridgehead atoms. The van der Waals surface area contributed by atoms with E-state index >= 15 is 0 Å². The van der Waals surface area contributed by atoms with Crippen molar-refractivity contribution in [1.82, 2.24) is 5.32 Å². The minimum Gasteiger partial charge on any atom is -0.396 e. The predicted octanol–water partition coefficient (Wildman–Crippen LogP) is 3.68. The number of halogens is 2. The van der Waals surface area contributed by atoms with E-state index in [0.29, 0.717) is 22.2 Å². The van der Waals surface area contributed by atoms with Crippen molar-refractivity contribution in [2.45, 2.75) is 25.7 Å². The number of carbonyl (C=O) groups is 1. The van der Waals surface area contributed by atoms with Crippen LogP contribution in [-0.2, 0) is 4.79 Å². The smallest absolute Gasteiger partial charge is 0.244 e. The minimum absolute atomic E-state index is 0.164. The Morgan fingerprint density at radius 3 is 2.45 bits per heavy atom. The van der Waals surface area contributed by atoms with Crippen molar-refractivity contribution in [2.75, 3.05) is 13.2 Å². The number of aliphatic hydroxyl groups excluding tert-OH is 1. The second kappa shape index (κ2) is 9.81. The number of nitrogens with one attached hydrogen (secondary N) is 1. The highest BCUT2D eigenvalue weighted by molar-refractivity contribution is 6.37. The maximum absolute atomic E-state index is 11.6. The van der Waals surface area contributed by atoms with Crippen molar-refractivity contribution in [3.63, 3.8) is 0 Å². The molecule has 0 aliphatic heterocycles. The summed E-state index contributed by atoms with van der Waals surface area (Å²) >= 11 is 12.0. The van der Waals surface area contributed by atoms with Gasteiger partial charge in [0.1, 0.15) is 0 Å². The Kier molecular flexibility index (Phi) is 8.35. The number of hydrogen-bond acceptors (Lipinski definition) is 2. The van der Waals surface area contributed by atoms with E-state index in [4.69, 9.17) is 28.3 Å². The first-order chi connectivity index (χ1) is 9.65. The Hall–Kier alpha value is -1.03. The van der Waals surface area contributed by atoms with Gasteiger partial charge in [-0.2, -0.15) is 0 Å². The highest BCUT2D eigenvalue weighted by atomic mass is 35.5. The van der Waals surface area contributed by atoms with Gasteiger partial charge in [-0.3, -0.25) is 4.79 Å². The molecule has 0 aliphatic rings. The van der Waals surface area contributed by atoms with Crippen molar-refractivity contribution in [3.05, 3.63) is 39.9 Å². The van der Waals surface area contributed by atoms with Crippen molar-refractivity contribution < 1.29 is 9.90 Å². The molecule has 0 radical (unpaired) electrons. The van der Waals surface area contributed by atoms with Gasteiger partial charge in [0.05, 0.1) is 0 Å². The Bertz CT molecular complexity index is 441. The van der Waals surface area contributed by atoms with Crippen molar-refractivity contribution >= 4 is 35.2 Å². The quantitative estimate of drug-likeness (QED) is 0.568. The topological polar surface area (TPSA) is 49.3 Å². The Balaban J connectivity index is 2.33. The fraction of sp³-hybridized carbons (Fsp3) is 0.400. The van der Waals surface area contributed by atoms with E-state index in [1.54, 1.807) is 24.3 Å². The monoisotopic (exact) mass is 315 g/mol. The Morgan fingerprint density at radius 2 is 1.80 bits per heavy atom. The van der Waals surface area contributed by atoms with Crippen LogP contribution in [0.5, 0.6) is 0 Å². The average molecular weight is 316 g/mol. The van der Waals surface area contributed by atoms with Gasteiger partial charge in [-0.05, 0) is 31.1 Å². The molecule has 1 amide bonds. The Morgan fingerprint density at radius 1 is 1.15 bits per heavy atom. The summed E-state index contributed by atoms with van der Waals surface area (Å²) in [4.78, 5) is 11.6. The van der Waals surface area contributed by atoms with Crippen LogP contribution in [0.15, 0.2) is 24.3 Å². The van der Waals surface area contributed by atoms with E-state index in [2.05, 4.69) is 5.32 Å². The maximum atomic E-state index is 11.6. The second-order valence-corrected chi connectivity index (χ2v) is 5.21. The summed E-state index contributed by atoms with van der Waals surface area (Å²) in [5.41, 5.74) is 0.647. The second-order valence-electron chi connectivity index (χ2n) is 4.40. The molecule has 0 unspecified atom stereocenters. The molecule has 0 atom stereocenters. The molecule has 0 aromatic heterocycles. The maximum Gasteiger partial charge on any atom is 0.244 e. The molecular formula is C15H19Cl2NO2. The van der Waals surface area contributed by atoms with E-state index in [9.17, 15) is 4.79 Å². The van der Waals surface area contributed by atoms with Gasteiger partial charge in [-0.15, -0.1) is 0 Å². The van der Waals surface area contributed by atoms with Crippen LogP contribution in [0.25, 0.3) is 6.08 Å². The zero-order valence-corrected chi connectivity index (χ0v) is 12.8. The number of rotatable bonds is 8. The lowest BCUT2D eigenvalue weighted by molar-refractivity contribution is -0.116. The molecule has 2 N–H and O–H groups in total. The molecule has 0 fully saturated rings. The number of carbonyl (C=O) groups excluding carboxylic acids is 1. The SMILES string of the molecule is O=C(/C=C/c1c(Cl)cccc1Cl)NCCCCCCO. The predicted molar refractivity (Wildman–Crippen MR) is 84.1 cm³/mol. The lowest BCUT2D eigenvalue weighted by Crippen LogP contribution is -2.21. The van der Waals surface area contributed by atoms with Gasteiger partial charge in [-0.25, -0.2) is 0 Å². The standard InChI is InChI=1S/C15H19Cl2NO2/c16-13-6-5-7-14(17)12(13)8-9-15(20)18-10-3-1-2-4-11-19/h5-9,19H,1-4,10-11H2,(H,18,20)/b9-8+. The van der Waals surface area contributed by atoms with Crippen LogP contribution in [0, 0.1) is 0 Å². The molecule has 0 saturated heterocycles. The number of hydrogen-bond donors (Lipinski definition) is 2. The van der Waals surface area contributed by atoms with Gasteiger partial charge in [0, 0.05) is 34.8 Å². The fourth-order valence-corrected chi connectivity index (χ4v) is 2.21. The van der Waals surface area contributed by atoms with E-state index in [1.165, 1.54) is 6.08 Å². The molecule has 1 aromatic carbocycles. The molecule has 20 heavy (non-hydrogen) atoms. The third kappa shape index (κ3) is 6.42. The lowest BCUT2D eigenvalue weighted by atomic mass is 10.2. The van der Waals surface area contributed by atoms with E-state index < -0.39 is 0 Å². The van der Waals surface area contributed by atoms with E-state index in [-0.39, 0.29) is 12.5 Å². The largest absolute Gasteiger partial charge is 0.396 e. The van der Waals surface area contributed by atoms with E-state index in [1.807, 2.05) is 0 Å². The summed E-state index contributed by atoms with van der Waals surface area (Å²) in [5.74, 6) is -0.164. The van der Waals surface area contributed by atoms with Gasteiger partial charge in [-0.1, -0.05) is 42.1 Å². The fourth-order valence-electron chi connectivity index (χ4n) is 1.69. The summed E-state index contributed by atoms with van der Waals surface area (Å²) < 4.78 is 0. The summed E-state index contributed by atoms with van der Waals surface area (Å²) in [7, 11) is 0. The number of amides is 1. The molecule has 5 heteroatoms. The van der Waals surface area contributed by atoms with Crippen molar-refractivity contribution in [1.29, 1.82) is 0 Å². The molecular weight excluding hydrogens is 297 g/mol. The normalized spacial score (nSPS) is 10.9. The van der Waals surface area contributed by atoms with Crippen LogP contribution in [0.4, 0.5) is 0 Å². The molecule has 110 valence electrons. The van der Waals surface area contributed by atoms with Crippen molar-refractivity contribution in [3.8, 4) is 0 Å². The van der Waals surface area contributed by atoms with Crippen LogP contribution in [0.2, 0.25) is 10.0 Å². The first-order valence-corrected chi connectivity index (χ1v) is 7.41. The summed E-state index contributed by atoms with van der Waals surface area (Å²) in [6, 6.07) is 5.22. The van der Waals surface area contributed by atoms with Gasteiger partial charge < -0.3 is 10.4 Å². The zero-order chi connectivity index (χ0) is 14.8.